The number of nitrogens with two attached hydrogens (primary N) is 1. The summed E-state index contributed by atoms with van der Waals surface area (Å²) < 4.78 is 0. The minimum absolute atomic E-state index is 0.0180. The first kappa shape index (κ1) is 13.9. The Morgan fingerprint density at radius 2 is 1.93 bits per heavy atom. The van der Waals surface area contributed by atoms with Crippen LogP contribution in [0.4, 0.5) is 0 Å². The van der Waals surface area contributed by atoms with Crippen molar-refractivity contribution in [1.82, 2.24) is 5.32 Å². The van der Waals surface area contributed by atoms with Crippen molar-refractivity contribution >= 4 is 11.9 Å². The van der Waals surface area contributed by atoms with Crippen molar-refractivity contribution in [2.75, 3.05) is 6.54 Å². The van der Waals surface area contributed by atoms with E-state index in [2.05, 4.69) is 5.32 Å². The molecule has 0 aliphatic carbocycles. The Morgan fingerprint density at radius 1 is 1.33 bits per heavy atom. The second kappa shape index (κ2) is 7.23. The summed E-state index contributed by atoms with van der Waals surface area (Å²) in [5.41, 5.74) is 5.52. The van der Waals surface area contributed by atoms with Gasteiger partial charge in [0, 0.05) is 13.0 Å². The Hall–Kier alpha value is -1.10. The van der Waals surface area contributed by atoms with Gasteiger partial charge in [0.15, 0.2) is 0 Å². The highest BCUT2D eigenvalue weighted by Crippen LogP contribution is 2.06. The van der Waals surface area contributed by atoms with E-state index in [9.17, 15) is 9.59 Å². The number of nitrogens with one attached hydrogen (secondary N) is 1. The zero-order valence-corrected chi connectivity index (χ0v) is 9.32. The molecule has 2 unspecified atom stereocenters. The normalized spacial score (nSPS) is 14.3. The van der Waals surface area contributed by atoms with E-state index in [1.807, 2.05) is 13.8 Å². The summed E-state index contributed by atoms with van der Waals surface area (Å²) in [5, 5.41) is 11.3. The fraction of sp³-hybridized carbons (Fsp3) is 0.800. The van der Waals surface area contributed by atoms with Gasteiger partial charge in [-0.2, -0.15) is 0 Å². The van der Waals surface area contributed by atoms with Gasteiger partial charge in [0.05, 0.1) is 6.04 Å². The second-order valence-corrected chi connectivity index (χ2v) is 3.63. The van der Waals surface area contributed by atoms with Gasteiger partial charge in [0.1, 0.15) is 0 Å². The Balaban J connectivity index is 3.89. The Morgan fingerprint density at radius 3 is 2.33 bits per heavy atom. The predicted octanol–water partition coefficient (Wildman–Crippen LogP) is 0.341. The number of carboxylic acid groups (broad SMARTS) is 1. The summed E-state index contributed by atoms with van der Waals surface area (Å²) in [4.78, 5) is 21.8. The molecule has 0 bridgehead atoms. The van der Waals surface area contributed by atoms with E-state index in [1.54, 1.807) is 0 Å². The number of aliphatic carboxylic acids is 1. The van der Waals surface area contributed by atoms with Gasteiger partial charge >= 0.3 is 5.97 Å². The highest BCUT2D eigenvalue weighted by Gasteiger charge is 2.15. The highest BCUT2D eigenvalue weighted by molar-refractivity contribution is 5.81. The molecule has 0 heterocycles. The van der Waals surface area contributed by atoms with E-state index < -0.39 is 12.0 Å². The maximum Gasteiger partial charge on any atom is 0.303 e. The van der Waals surface area contributed by atoms with Gasteiger partial charge in [-0.15, -0.1) is 0 Å². The number of rotatable bonds is 7. The molecular weight excluding hydrogens is 196 g/mol. The Labute approximate surface area is 90.0 Å². The van der Waals surface area contributed by atoms with Gasteiger partial charge in [0.2, 0.25) is 5.91 Å². The largest absolute Gasteiger partial charge is 0.481 e. The number of hydrogen-bond acceptors (Lipinski definition) is 3. The van der Waals surface area contributed by atoms with Crippen molar-refractivity contribution < 1.29 is 14.7 Å². The van der Waals surface area contributed by atoms with Crippen LogP contribution in [0.3, 0.4) is 0 Å². The van der Waals surface area contributed by atoms with Crippen LogP contribution in [0.15, 0.2) is 0 Å². The van der Waals surface area contributed by atoms with E-state index in [0.717, 1.165) is 6.42 Å². The first-order chi connectivity index (χ1) is 7.01. The first-order valence-corrected chi connectivity index (χ1v) is 5.26. The highest BCUT2D eigenvalue weighted by atomic mass is 16.4. The fourth-order valence-corrected chi connectivity index (χ4v) is 1.17. The molecular formula is C10H20N2O3. The SMILES string of the molecule is CCC(CNC(=O)C(N)CC)CC(=O)O. The lowest BCUT2D eigenvalue weighted by atomic mass is 10.0. The molecule has 0 aromatic carbocycles. The van der Waals surface area contributed by atoms with Gasteiger partial charge in [-0.25, -0.2) is 0 Å². The van der Waals surface area contributed by atoms with Crippen molar-refractivity contribution in [3.05, 3.63) is 0 Å². The summed E-state index contributed by atoms with van der Waals surface area (Å²) in [6.07, 6.45) is 1.40. The predicted molar refractivity (Wildman–Crippen MR) is 57.3 cm³/mol. The van der Waals surface area contributed by atoms with Crippen LogP contribution >= 0.6 is 0 Å². The fourth-order valence-electron chi connectivity index (χ4n) is 1.17. The van der Waals surface area contributed by atoms with Crippen LogP contribution < -0.4 is 11.1 Å². The lowest BCUT2D eigenvalue weighted by molar-refractivity contribution is -0.138. The average Bonchev–Trinajstić information content (AvgIpc) is 2.21. The molecule has 88 valence electrons. The van der Waals surface area contributed by atoms with Crippen molar-refractivity contribution in [1.29, 1.82) is 0 Å². The van der Waals surface area contributed by atoms with Crippen LogP contribution in [-0.2, 0) is 9.59 Å². The number of hydrogen-bond donors (Lipinski definition) is 3. The van der Waals surface area contributed by atoms with E-state index in [4.69, 9.17) is 10.8 Å². The Bertz CT molecular complexity index is 219. The summed E-state index contributed by atoms with van der Waals surface area (Å²) in [5.74, 6) is -1.06. The summed E-state index contributed by atoms with van der Waals surface area (Å²) in [7, 11) is 0. The number of carboxylic acids is 1. The molecule has 0 radical (unpaired) electrons. The molecule has 0 fully saturated rings. The molecule has 5 nitrogen and oxygen atoms in total. The van der Waals surface area contributed by atoms with Gasteiger partial charge in [-0.3, -0.25) is 9.59 Å². The van der Waals surface area contributed by atoms with Gasteiger partial charge in [-0.1, -0.05) is 20.3 Å². The van der Waals surface area contributed by atoms with E-state index in [0.29, 0.717) is 13.0 Å². The monoisotopic (exact) mass is 216 g/mol. The summed E-state index contributed by atoms with van der Waals surface area (Å²) >= 11 is 0. The molecule has 0 aromatic rings. The van der Waals surface area contributed by atoms with Crippen molar-refractivity contribution in [3.63, 3.8) is 0 Å². The minimum atomic E-state index is -0.837. The third-order valence-electron chi connectivity index (χ3n) is 2.38. The summed E-state index contributed by atoms with van der Waals surface area (Å²) in [6, 6.07) is -0.493. The Kier molecular flexibility index (Phi) is 6.70. The zero-order valence-electron chi connectivity index (χ0n) is 9.32. The minimum Gasteiger partial charge on any atom is -0.481 e. The van der Waals surface area contributed by atoms with Crippen LogP contribution in [0.2, 0.25) is 0 Å². The number of carbonyl (C=O) groups excluding carboxylic acids is 1. The van der Waals surface area contributed by atoms with Gasteiger partial charge < -0.3 is 16.2 Å². The van der Waals surface area contributed by atoms with Gasteiger partial charge in [-0.05, 0) is 12.3 Å². The second-order valence-electron chi connectivity index (χ2n) is 3.63. The molecule has 0 spiro atoms. The third kappa shape index (κ3) is 6.06. The lowest BCUT2D eigenvalue weighted by Gasteiger charge is -2.15. The van der Waals surface area contributed by atoms with E-state index >= 15 is 0 Å². The maximum atomic E-state index is 11.3. The number of carbonyl (C=O) groups is 2. The molecule has 0 rings (SSSR count). The first-order valence-electron chi connectivity index (χ1n) is 5.26. The van der Waals surface area contributed by atoms with Crippen LogP contribution in [0.1, 0.15) is 33.1 Å². The molecule has 0 saturated heterocycles. The van der Waals surface area contributed by atoms with Crippen molar-refractivity contribution in [3.8, 4) is 0 Å². The van der Waals surface area contributed by atoms with Crippen LogP contribution in [0, 0.1) is 5.92 Å². The van der Waals surface area contributed by atoms with Crippen LogP contribution in [0.25, 0.3) is 0 Å². The standard InChI is InChI=1S/C10H20N2O3/c1-3-7(5-9(13)14)6-12-10(15)8(11)4-2/h7-8H,3-6,11H2,1-2H3,(H,12,15)(H,13,14). The lowest BCUT2D eigenvalue weighted by Crippen LogP contribution is -2.42. The molecule has 5 heteroatoms. The smallest absolute Gasteiger partial charge is 0.303 e. The molecule has 0 saturated carbocycles. The van der Waals surface area contributed by atoms with Crippen molar-refractivity contribution in [2.24, 2.45) is 11.7 Å². The molecule has 0 aliphatic rings. The molecule has 2 atom stereocenters. The molecule has 0 aliphatic heterocycles. The molecule has 15 heavy (non-hydrogen) atoms. The van der Waals surface area contributed by atoms with Crippen LogP contribution in [-0.4, -0.2) is 29.6 Å². The van der Waals surface area contributed by atoms with Gasteiger partial charge in [0.25, 0.3) is 0 Å². The molecule has 4 N–H and O–H groups in total. The number of amides is 1. The zero-order chi connectivity index (χ0) is 11.8. The molecule has 0 aromatic heterocycles. The van der Waals surface area contributed by atoms with Crippen LogP contribution in [0.5, 0.6) is 0 Å². The van der Waals surface area contributed by atoms with Crippen molar-refractivity contribution in [2.45, 2.75) is 39.2 Å². The average molecular weight is 216 g/mol. The molecule has 1 amide bonds. The topological polar surface area (TPSA) is 92.4 Å². The van der Waals surface area contributed by atoms with E-state index in [1.165, 1.54) is 0 Å². The summed E-state index contributed by atoms with van der Waals surface area (Å²) in [6.45, 7) is 4.12. The van der Waals surface area contributed by atoms with E-state index in [-0.39, 0.29) is 18.2 Å². The quantitative estimate of drug-likeness (QED) is 0.572. The maximum absolute atomic E-state index is 11.3. The third-order valence-corrected chi connectivity index (χ3v) is 2.38.